The Bertz CT molecular complexity index is 401. The Labute approximate surface area is 93.4 Å². The summed E-state index contributed by atoms with van der Waals surface area (Å²) in [5.74, 6) is 0.402. The van der Waals surface area contributed by atoms with E-state index in [1.165, 1.54) is 0 Å². The monoisotopic (exact) mass is 221 g/mol. The Hall–Kier alpha value is -1.13. The first-order valence-corrected chi connectivity index (χ1v) is 6.02. The van der Waals surface area contributed by atoms with Gasteiger partial charge >= 0.3 is 0 Å². The predicted molar refractivity (Wildman–Crippen MR) is 64.0 cm³/mol. The maximum absolute atomic E-state index is 5.70. The highest BCUT2D eigenvalue weighted by atomic mass is 32.1. The zero-order valence-electron chi connectivity index (χ0n) is 8.73. The largest absolute Gasteiger partial charge is 0.360 e. The smallest absolute Gasteiger partial charge is 0.0976 e. The highest BCUT2D eigenvalue weighted by molar-refractivity contribution is 7.10. The molecule has 0 bridgehead atoms. The average Bonchev–Trinajstić information content (AvgIpc) is 2.89. The molecule has 3 nitrogen and oxygen atoms in total. The number of hydrogen-bond acceptors (Lipinski definition) is 3. The molecule has 1 unspecified atom stereocenters. The molecule has 0 amide bonds. The van der Waals surface area contributed by atoms with E-state index in [0.29, 0.717) is 12.5 Å². The summed E-state index contributed by atoms with van der Waals surface area (Å²) in [6, 6.07) is 4.01. The van der Waals surface area contributed by atoms with Gasteiger partial charge in [-0.25, -0.2) is 4.98 Å². The van der Waals surface area contributed by atoms with E-state index >= 15 is 0 Å². The van der Waals surface area contributed by atoms with Crippen molar-refractivity contribution in [3.8, 4) is 11.4 Å². The lowest BCUT2D eigenvalue weighted by Crippen LogP contribution is -2.11. The summed E-state index contributed by atoms with van der Waals surface area (Å²) in [5, 5.41) is 3.23. The lowest BCUT2D eigenvalue weighted by molar-refractivity contribution is 0.670. The number of nitrogens with one attached hydrogen (secondary N) is 1. The molecule has 0 saturated carbocycles. The Morgan fingerprint density at radius 3 is 3.07 bits per heavy atom. The highest BCUT2D eigenvalue weighted by Crippen LogP contribution is 2.26. The van der Waals surface area contributed by atoms with Gasteiger partial charge in [-0.3, -0.25) is 0 Å². The van der Waals surface area contributed by atoms with Crippen molar-refractivity contribution in [2.24, 2.45) is 5.73 Å². The third-order valence-corrected chi connectivity index (χ3v) is 3.53. The van der Waals surface area contributed by atoms with E-state index in [2.05, 4.69) is 22.3 Å². The summed E-state index contributed by atoms with van der Waals surface area (Å²) in [6.07, 6.45) is 2.96. The van der Waals surface area contributed by atoms with Gasteiger partial charge in [0.05, 0.1) is 16.4 Å². The maximum Gasteiger partial charge on any atom is 0.0976 e. The molecule has 0 aliphatic carbocycles. The van der Waals surface area contributed by atoms with Crippen LogP contribution in [-0.2, 0) is 0 Å². The van der Waals surface area contributed by atoms with Crippen molar-refractivity contribution in [2.75, 3.05) is 6.54 Å². The minimum Gasteiger partial charge on any atom is -0.360 e. The van der Waals surface area contributed by atoms with Gasteiger partial charge in [0, 0.05) is 24.0 Å². The summed E-state index contributed by atoms with van der Waals surface area (Å²) in [4.78, 5) is 7.76. The average molecular weight is 221 g/mol. The van der Waals surface area contributed by atoms with E-state index in [1.54, 1.807) is 11.3 Å². The first-order valence-electron chi connectivity index (χ1n) is 5.14. The highest BCUT2D eigenvalue weighted by Gasteiger charge is 2.12. The van der Waals surface area contributed by atoms with Crippen molar-refractivity contribution >= 4 is 11.3 Å². The van der Waals surface area contributed by atoms with Gasteiger partial charge in [-0.2, -0.15) is 0 Å². The van der Waals surface area contributed by atoms with Gasteiger partial charge in [0.15, 0.2) is 0 Å². The van der Waals surface area contributed by atoms with Gasteiger partial charge in [0.25, 0.3) is 0 Å². The molecule has 3 N–H and O–H groups in total. The Kier molecular flexibility index (Phi) is 3.18. The van der Waals surface area contributed by atoms with Crippen LogP contribution in [0.3, 0.4) is 0 Å². The van der Waals surface area contributed by atoms with Gasteiger partial charge < -0.3 is 10.7 Å². The van der Waals surface area contributed by atoms with Crippen molar-refractivity contribution in [3.05, 3.63) is 28.7 Å². The van der Waals surface area contributed by atoms with Crippen LogP contribution in [-0.4, -0.2) is 16.5 Å². The Morgan fingerprint density at radius 2 is 2.47 bits per heavy atom. The minimum atomic E-state index is 0.402. The number of hydrogen-bond donors (Lipinski definition) is 2. The van der Waals surface area contributed by atoms with Crippen LogP contribution in [0.1, 0.15) is 24.3 Å². The first-order chi connectivity index (χ1) is 7.35. The number of H-pyrrole nitrogens is 1. The standard InChI is InChI=1S/C11H15N3S/c1-2-8(6-12)11-14-10(7-15-11)9-4-3-5-13-9/h3-5,7-8,13H,2,6,12H2,1H3. The summed E-state index contributed by atoms with van der Waals surface area (Å²) in [6.45, 7) is 2.82. The van der Waals surface area contributed by atoms with Gasteiger partial charge in [0.2, 0.25) is 0 Å². The molecule has 0 aromatic carbocycles. The van der Waals surface area contributed by atoms with E-state index in [4.69, 9.17) is 5.73 Å². The van der Waals surface area contributed by atoms with Crippen molar-refractivity contribution in [1.29, 1.82) is 0 Å². The number of nitrogens with two attached hydrogens (primary N) is 1. The second kappa shape index (κ2) is 4.59. The molecule has 0 aliphatic rings. The summed E-state index contributed by atoms with van der Waals surface area (Å²) < 4.78 is 0. The molecule has 2 aromatic heterocycles. The molecular weight excluding hydrogens is 206 g/mol. The third-order valence-electron chi connectivity index (χ3n) is 2.52. The topological polar surface area (TPSA) is 54.7 Å². The molecule has 1 atom stereocenters. The van der Waals surface area contributed by atoms with Crippen molar-refractivity contribution < 1.29 is 0 Å². The van der Waals surface area contributed by atoms with Crippen LogP contribution >= 0.6 is 11.3 Å². The molecule has 4 heteroatoms. The zero-order valence-corrected chi connectivity index (χ0v) is 9.55. The Morgan fingerprint density at radius 1 is 1.60 bits per heavy atom. The van der Waals surface area contributed by atoms with Gasteiger partial charge in [-0.05, 0) is 18.6 Å². The van der Waals surface area contributed by atoms with Crippen LogP contribution in [0.25, 0.3) is 11.4 Å². The molecular formula is C11H15N3S. The minimum absolute atomic E-state index is 0.402. The molecule has 0 fully saturated rings. The summed E-state index contributed by atoms with van der Waals surface area (Å²) in [5.41, 5.74) is 7.80. The number of aromatic nitrogens is 2. The van der Waals surface area contributed by atoms with Crippen LogP contribution in [0.2, 0.25) is 0 Å². The fourth-order valence-corrected chi connectivity index (χ4v) is 2.55. The van der Waals surface area contributed by atoms with Gasteiger partial charge in [-0.1, -0.05) is 6.92 Å². The molecule has 2 heterocycles. The van der Waals surface area contributed by atoms with E-state index < -0.39 is 0 Å². The maximum atomic E-state index is 5.70. The predicted octanol–water partition coefficient (Wildman–Crippen LogP) is 2.59. The number of aromatic amines is 1. The molecule has 15 heavy (non-hydrogen) atoms. The quantitative estimate of drug-likeness (QED) is 0.833. The van der Waals surface area contributed by atoms with Crippen LogP contribution < -0.4 is 5.73 Å². The van der Waals surface area contributed by atoms with Crippen molar-refractivity contribution in [3.63, 3.8) is 0 Å². The third kappa shape index (κ3) is 2.11. The molecule has 0 spiro atoms. The van der Waals surface area contributed by atoms with E-state index in [0.717, 1.165) is 22.8 Å². The first kappa shape index (κ1) is 10.4. The summed E-state index contributed by atoms with van der Waals surface area (Å²) >= 11 is 1.69. The van der Waals surface area contributed by atoms with Crippen molar-refractivity contribution in [2.45, 2.75) is 19.3 Å². The fourth-order valence-electron chi connectivity index (χ4n) is 1.53. The lowest BCUT2D eigenvalue weighted by atomic mass is 10.1. The van der Waals surface area contributed by atoms with Gasteiger partial charge in [-0.15, -0.1) is 11.3 Å². The molecule has 80 valence electrons. The number of rotatable bonds is 4. The lowest BCUT2D eigenvalue weighted by Gasteiger charge is -2.06. The van der Waals surface area contributed by atoms with Crippen LogP contribution in [0.4, 0.5) is 0 Å². The Balaban J connectivity index is 2.24. The zero-order chi connectivity index (χ0) is 10.7. The molecule has 0 radical (unpaired) electrons. The number of nitrogens with zero attached hydrogens (tertiary/aromatic N) is 1. The van der Waals surface area contributed by atoms with Crippen molar-refractivity contribution in [1.82, 2.24) is 9.97 Å². The summed E-state index contributed by atoms with van der Waals surface area (Å²) in [7, 11) is 0. The van der Waals surface area contributed by atoms with Gasteiger partial charge in [0.1, 0.15) is 0 Å². The molecule has 2 rings (SSSR count). The van der Waals surface area contributed by atoms with Crippen LogP contribution in [0.5, 0.6) is 0 Å². The molecule has 0 aliphatic heterocycles. The normalized spacial score (nSPS) is 12.9. The van der Waals surface area contributed by atoms with Crippen LogP contribution in [0.15, 0.2) is 23.7 Å². The van der Waals surface area contributed by atoms with Crippen LogP contribution in [0, 0.1) is 0 Å². The van der Waals surface area contributed by atoms with E-state index in [1.807, 2.05) is 18.3 Å². The molecule has 2 aromatic rings. The van der Waals surface area contributed by atoms with E-state index in [-0.39, 0.29) is 0 Å². The SMILES string of the molecule is CCC(CN)c1nc(-c2ccc[nH]2)cs1. The fraction of sp³-hybridized carbons (Fsp3) is 0.364. The van der Waals surface area contributed by atoms with E-state index in [9.17, 15) is 0 Å². The second-order valence-electron chi connectivity index (χ2n) is 3.50. The number of thiazole rings is 1. The second-order valence-corrected chi connectivity index (χ2v) is 4.39. The molecule has 0 saturated heterocycles.